The van der Waals surface area contributed by atoms with Crippen LogP contribution in [0.25, 0.3) is 22.2 Å². The number of hydrogen-bond acceptors (Lipinski definition) is 7. The van der Waals surface area contributed by atoms with E-state index < -0.39 is 66.5 Å². The minimum absolute atomic E-state index is 0.00714. The molecule has 1 aromatic carbocycles. The fraction of sp³-hybridized carbons (Fsp3) is 0.350. The largest absolute Gasteiger partial charge is 0.390 e. The summed E-state index contributed by atoms with van der Waals surface area (Å²) < 4.78 is 102. The molecule has 0 aliphatic heterocycles. The van der Waals surface area contributed by atoms with Crippen LogP contribution in [-0.4, -0.2) is 49.6 Å². The first-order valence-corrected chi connectivity index (χ1v) is 13.5. The van der Waals surface area contributed by atoms with Crippen LogP contribution in [0, 0.1) is 5.82 Å². The van der Waals surface area contributed by atoms with Crippen LogP contribution in [0.15, 0.2) is 40.4 Å². The number of rotatable bonds is 7. The van der Waals surface area contributed by atoms with Crippen LogP contribution in [0.3, 0.4) is 0 Å². The SMILES string of the molecule is CC(C)n1c(=O)c(-c2ccc(NS(=O)(=O)CCC(F)(F)F)c(F)c2)cc2cnc(S(C)(=O)=O)nc21. The van der Waals surface area contributed by atoms with Gasteiger partial charge in [-0.3, -0.25) is 14.1 Å². The molecule has 0 bridgehead atoms. The number of fused-ring (bicyclic) bond motifs is 1. The number of nitrogens with zero attached hydrogens (tertiary/aromatic N) is 3. The number of halogens is 4. The molecule has 15 heteroatoms. The van der Waals surface area contributed by atoms with Crippen LogP contribution in [0.5, 0.6) is 0 Å². The fourth-order valence-electron chi connectivity index (χ4n) is 3.20. The molecule has 0 radical (unpaired) electrons. The van der Waals surface area contributed by atoms with Gasteiger partial charge in [0.25, 0.3) is 5.56 Å². The summed E-state index contributed by atoms with van der Waals surface area (Å²) in [5.74, 6) is -2.39. The van der Waals surface area contributed by atoms with E-state index in [0.717, 1.165) is 18.4 Å². The zero-order valence-corrected chi connectivity index (χ0v) is 20.2. The molecule has 0 unspecified atom stereocenters. The van der Waals surface area contributed by atoms with E-state index in [4.69, 9.17) is 0 Å². The van der Waals surface area contributed by atoms with Gasteiger partial charge < -0.3 is 0 Å². The molecule has 9 nitrogen and oxygen atoms in total. The number of sulfone groups is 1. The molecule has 0 aliphatic rings. The summed E-state index contributed by atoms with van der Waals surface area (Å²) in [6, 6.07) is 3.94. The standard InChI is InChI=1S/C20H20F4N4O5S2/c1-11(2)28-17-13(10-25-19(26-17)34(3,30)31)8-14(18(28)29)12-4-5-16(15(21)9-12)27-35(32,33)7-6-20(22,23)24/h4-5,8-11,27H,6-7H2,1-3H3. The van der Waals surface area contributed by atoms with Crippen molar-refractivity contribution >= 4 is 36.6 Å². The molecule has 0 spiro atoms. The molecule has 3 aromatic rings. The molecule has 0 saturated carbocycles. The molecule has 0 aliphatic carbocycles. The maximum Gasteiger partial charge on any atom is 0.390 e. The summed E-state index contributed by atoms with van der Waals surface area (Å²) in [6.07, 6.45) is -4.17. The van der Waals surface area contributed by atoms with Gasteiger partial charge in [0.15, 0.2) is 0 Å². The van der Waals surface area contributed by atoms with Crippen molar-refractivity contribution in [2.75, 3.05) is 16.7 Å². The van der Waals surface area contributed by atoms with E-state index in [2.05, 4.69) is 9.97 Å². The first-order valence-electron chi connectivity index (χ1n) is 9.98. The topological polar surface area (TPSA) is 128 Å². The van der Waals surface area contributed by atoms with E-state index in [1.54, 1.807) is 18.6 Å². The zero-order chi connectivity index (χ0) is 26.3. The molecule has 1 N–H and O–H groups in total. The molecule has 2 aromatic heterocycles. The molecule has 0 amide bonds. The van der Waals surface area contributed by atoms with E-state index in [0.29, 0.717) is 0 Å². The van der Waals surface area contributed by atoms with Crippen molar-refractivity contribution in [3.8, 4) is 11.1 Å². The highest BCUT2D eigenvalue weighted by Gasteiger charge is 2.30. The third kappa shape index (κ3) is 6.14. The highest BCUT2D eigenvalue weighted by molar-refractivity contribution is 7.92. The van der Waals surface area contributed by atoms with E-state index in [9.17, 15) is 39.2 Å². The Bertz CT molecular complexity index is 1570. The van der Waals surface area contributed by atoms with Gasteiger partial charge in [0.05, 0.1) is 17.9 Å². The van der Waals surface area contributed by atoms with Crippen LogP contribution in [0.1, 0.15) is 26.3 Å². The second kappa shape index (κ2) is 9.18. The lowest BCUT2D eigenvalue weighted by molar-refractivity contribution is -0.129. The maximum atomic E-state index is 14.7. The lowest BCUT2D eigenvalue weighted by atomic mass is 10.0. The molecule has 35 heavy (non-hydrogen) atoms. The molecular weight excluding hydrogens is 516 g/mol. The fourth-order valence-corrected chi connectivity index (χ4v) is 4.80. The predicted octanol–water partition coefficient (Wildman–Crippen LogP) is 3.28. The van der Waals surface area contributed by atoms with Gasteiger partial charge in [-0.1, -0.05) is 6.07 Å². The van der Waals surface area contributed by atoms with Gasteiger partial charge in [0, 0.05) is 29.4 Å². The van der Waals surface area contributed by atoms with Crippen LogP contribution < -0.4 is 10.3 Å². The molecule has 190 valence electrons. The zero-order valence-electron chi connectivity index (χ0n) is 18.6. The normalized spacial score (nSPS) is 12.9. The predicted molar refractivity (Wildman–Crippen MR) is 121 cm³/mol. The molecule has 0 atom stereocenters. The van der Waals surface area contributed by atoms with Crippen LogP contribution in [0.4, 0.5) is 23.2 Å². The minimum Gasteiger partial charge on any atom is -0.289 e. The summed E-state index contributed by atoms with van der Waals surface area (Å²) in [7, 11) is -8.24. The van der Waals surface area contributed by atoms with Crippen molar-refractivity contribution in [2.24, 2.45) is 0 Å². The van der Waals surface area contributed by atoms with Crippen LogP contribution in [0.2, 0.25) is 0 Å². The smallest absolute Gasteiger partial charge is 0.289 e. The van der Waals surface area contributed by atoms with Crippen molar-refractivity contribution in [3.63, 3.8) is 0 Å². The van der Waals surface area contributed by atoms with Gasteiger partial charge in [-0.05, 0) is 37.6 Å². The Balaban J connectivity index is 2.07. The maximum absolute atomic E-state index is 14.7. The summed E-state index contributed by atoms with van der Waals surface area (Å²) in [4.78, 5) is 21.0. The Morgan fingerprint density at radius 2 is 1.77 bits per heavy atom. The van der Waals surface area contributed by atoms with E-state index >= 15 is 0 Å². The Labute approximate surface area is 197 Å². The number of benzene rings is 1. The number of alkyl halides is 3. The second-order valence-electron chi connectivity index (χ2n) is 8.01. The first-order chi connectivity index (χ1) is 16.0. The van der Waals surface area contributed by atoms with Crippen LogP contribution in [-0.2, 0) is 19.9 Å². The number of hydrogen-bond donors (Lipinski definition) is 1. The minimum atomic E-state index is -4.70. The summed E-state index contributed by atoms with van der Waals surface area (Å²) in [6.45, 7) is 3.32. The third-order valence-electron chi connectivity index (χ3n) is 4.80. The van der Waals surface area contributed by atoms with Gasteiger partial charge in [-0.25, -0.2) is 26.2 Å². The van der Waals surface area contributed by atoms with Crippen molar-refractivity contribution < 1.29 is 34.4 Å². The Morgan fingerprint density at radius 3 is 2.31 bits per heavy atom. The van der Waals surface area contributed by atoms with E-state index in [1.807, 2.05) is 0 Å². The summed E-state index contributed by atoms with van der Waals surface area (Å²) >= 11 is 0. The Hall–Kier alpha value is -3.07. The highest BCUT2D eigenvalue weighted by atomic mass is 32.2. The van der Waals surface area contributed by atoms with E-state index in [-0.39, 0.29) is 22.2 Å². The molecule has 0 fully saturated rings. The van der Waals surface area contributed by atoms with Crippen molar-refractivity contribution in [2.45, 2.75) is 37.6 Å². The number of anilines is 1. The Kier molecular flexibility index (Phi) is 6.96. The molecule has 2 heterocycles. The quantitative estimate of drug-likeness (QED) is 0.363. The number of pyridine rings is 1. The van der Waals surface area contributed by atoms with Crippen molar-refractivity contribution in [1.29, 1.82) is 0 Å². The molecular formula is C20H20F4N4O5S2. The first kappa shape index (κ1) is 26.5. The number of aromatic nitrogens is 3. The van der Waals surface area contributed by atoms with Gasteiger partial charge in [-0.2, -0.15) is 18.2 Å². The summed E-state index contributed by atoms with van der Waals surface area (Å²) in [5, 5.41) is -0.183. The molecule has 0 saturated heterocycles. The van der Waals surface area contributed by atoms with Crippen LogP contribution >= 0.6 is 0 Å². The van der Waals surface area contributed by atoms with Gasteiger partial charge in [-0.15, -0.1) is 0 Å². The second-order valence-corrected chi connectivity index (χ2v) is 11.8. The van der Waals surface area contributed by atoms with Gasteiger partial charge >= 0.3 is 6.18 Å². The average molecular weight is 537 g/mol. The third-order valence-corrected chi connectivity index (χ3v) is 6.93. The highest BCUT2D eigenvalue weighted by Crippen LogP contribution is 2.27. The van der Waals surface area contributed by atoms with E-state index in [1.165, 1.54) is 22.9 Å². The lowest BCUT2D eigenvalue weighted by Gasteiger charge is -2.16. The summed E-state index contributed by atoms with van der Waals surface area (Å²) in [5.41, 5.74) is -1.11. The van der Waals surface area contributed by atoms with Gasteiger partial charge in [0.1, 0.15) is 11.5 Å². The Morgan fingerprint density at radius 1 is 1.11 bits per heavy atom. The van der Waals surface area contributed by atoms with Crippen molar-refractivity contribution in [3.05, 3.63) is 46.6 Å². The monoisotopic (exact) mass is 536 g/mol. The molecule has 3 rings (SSSR count). The average Bonchev–Trinajstić information content (AvgIpc) is 2.71. The van der Waals surface area contributed by atoms with Crippen molar-refractivity contribution in [1.82, 2.24) is 14.5 Å². The number of sulfonamides is 1. The lowest BCUT2D eigenvalue weighted by Crippen LogP contribution is -2.25. The van der Waals surface area contributed by atoms with Gasteiger partial charge in [0.2, 0.25) is 25.0 Å². The number of nitrogens with one attached hydrogen (secondary N) is 1.